The molecule has 1 aliphatic heterocycles. The molecule has 1 heterocycles. The average Bonchev–Trinajstić information content (AvgIpc) is 2.96. The minimum atomic E-state index is -0.167. The maximum atomic E-state index is 13.4. The number of halogens is 1. The van der Waals surface area contributed by atoms with E-state index in [1.165, 1.54) is 32.0 Å². The Morgan fingerprint density at radius 2 is 1.90 bits per heavy atom. The van der Waals surface area contributed by atoms with Gasteiger partial charge in [-0.1, -0.05) is 6.07 Å². The van der Waals surface area contributed by atoms with Crippen LogP contribution < -0.4 is 10.6 Å². The van der Waals surface area contributed by atoms with E-state index in [0.29, 0.717) is 6.54 Å². The molecule has 0 radical (unpaired) electrons. The molecule has 0 bridgehead atoms. The number of nitrogens with two attached hydrogens (primary N) is 1. The van der Waals surface area contributed by atoms with Crippen LogP contribution in [0, 0.1) is 5.82 Å². The van der Waals surface area contributed by atoms with Crippen LogP contribution in [0.1, 0.15) is 25.7 Å². The smallest absolute Gasteiger partial charge is 0.125 e. The van der Waals surface area contributed by atoms with Crippen molar-refractivity contribution in [2.24, 2.45) is 5.73 Å². The third-order valence-corrected chi connectivity index (χ3v) is 3.91. The fraction of sp³-hybridized carbons (Fsp3) is 0.625. The topological polar surface area (TPSA) is 32.5 Å². The molecule has 20 heavy (non-hydrogen) atoms. The van der Waals surface area contributed by atoms with Gasteiger partial charge in [-0.3, -0.25) is 0 Å². The van der Waals surface area contributed by atoms with Crippen LogP contribution in [0.25, 0.3) is 0 Å². The quantitative estimate of drug-likeness (QED) is 0.793. The summed E-state index contributed by atoms with van der Waals surface area (Å²) >= 11 is 0. The van der Waals surface area contributed by atoms with Gasteiger partial charge >= 0.3 is 0 Å². The third kappa shape index (κ3) is 4.76. The lowest BCUT2D eigenvalue weighted by Crippen LogP contribution is -2.30. The molecule has 0 amide bonds. The zero-order valence-electron chi connectivity index (χ0n) is 12.2. The molecule has 1 saturated heterocycles. The van der Waals surface area contributed by atoms with E-state index in [1.54, 1.807) is 12.1 Å². The van der Waals surface area contributed by atoms with Crippen LogP contribution in [0.2, 0.25) is 0 Å². The molecule has 0 spiro atoms. The molecule has 0 atom stereocenters. The highest BCUT2D eigenvalue weighted by Gasteiger charge is 2.12. The lowest BCUT2D eigenvalue weighted by Gasteiger charge is -2.26. The summed E-state index contributed by atoms with van der Waals surface area (Å²) < 4.78 is 13.4. The molecule has 1 aliphatic rings. The van der Waals surface area contributed by atoms with Crippen LogP contribution in [0.3, 0.4) is 0 Å². The number of nitrogens with zero attached hydrogens (tertiary/aromatic N) is 2. The number of hydrogen-bond donors (Lipinski definition) is 1. The number of anilines is 1. The van der Waals surface area contributed by atoms with Crippen molar-refractivity contribution in [3.63, 3.8) is 0 Å². The fourth-order valence-corrected chi connectivity index (χ4v) is 2.82. The van der Waals surface area contributed by atoms with Crippen LogP contribution in [0.15, 0.2) is 24.3 Å². The van der Waals surface area contributed by atoms with Crippen molar-refractivity contribution in [3.05, 3.63) is 30.1 Å². The highest BCUT2D eigenvalue weighted by molar-refractivity contribution is 5.46. The van der Waals surface area contributed by atoms with Gasteiger partial charge in [0.05, 0.1) is 0 Å². The van der Waals surface area contributed by atoms with Crippen molar-refractivity contribution in [2.45, 2.75) is 25.7 Å². The van der Waals surface area contributed by atoms with Gasteiger partial charge in [-0.05, 0) is 70.1 Å². The molecule has 0 saturated carbocycles. The van der Waals surface area contributed by atoms with Gasteiger partial charge in [0.1, 0.15) is 5.82 Å². The summed E-state index contributed by atoms with van der Waals surface area (Å²) in [5.41, 5.74) is 6.58. The predicted molar refractivity (Wildman–Crippen MR) is 82.6 cm³/mol. The number of benzene rings is 1. The highest BCUT2D eigenvalue weighted by atomic mass is 19.1. The lowest BCUT2D eigenvalue weighted by atomic mass is 10.2. The Labute approximate surface area is 121 Å². The second-order valence-electron chi connectivity index (χ2n) is 5.51. The van der Waals surface area contributed by atoms with Gasteiger partial charge in [0.25, 0.3) is 0 Å². The van der Waals surface area contributed by atoms with Crippen molar-refractivity contribution in [3.8, 4) is 0 Å². The second kappa shape index (κ2) is 8.22. The Morgan fingerprint density at radius 1 is 1.15 bits per heavy atom. The number of rotatable bonds is 8. The van der Waals surface area contributed by atoms with E-state index in [1.807, 2.05) is 6.07 Å². The van der Waals surface area contributed by atoms with Crippen LogP contribution in [-0.2, 0) is 0 Å². The number of likely N-dealkylation sites (tertiary alicyclic amines) is 1. The Morgan fingerprint density at radius 3 is 2.60 bits per heavy atom. The Kier molecular flexibility index (Phi) is 6.27. The van der Waals surface area contributed by atoms with Gasteiger partial charge in [-0.2, -0.15) is 0 Å². The molecular weight excluding hydrogens is 253 g/mol. The molecule has 2 rings (SSSR count). The van der Waals surface area contributed by atoms with E-state index in [4.69, 9.17) is 5.73 Å². The van der Waals surface area contributed by atoms with Gasteiger partial charge in [0.15, 0.2) is 0 Å². The summed E-state index contributed by atoms with van der Waals surface area (Å²) in [5.74, 6) is -0.167. The minimum Gasteiger partial charge on any atom is -0.371 e. The molecule has 0 unspecified atom stereocenters. The van der Waals surface area contributed by atoms with Gasteiger partial charge < -0.3 is 15.5 Å². The Balaban J connectivity index is 1.85. The zero-order valence-corrected chi connectivity index (χ0v) is 12.2. The van der Waals surface area contributed by atoms with E-state index < -0.39 is 0 Å². The second-order valence-corrected chi connectivity index (χ2v) is 5.51. The molecule has 0 aliphatic carbocycles. The first-order valence-corrected chi connectivity index (χ1v) is 7.72. The first kappa shape index (κ1) is 15.3. The SMILES string of the molecule is NCCCN(CCCN1CCCC1)c1cccc(F)c1. The van der Waals surface area contributed by atoms with E-state index >= 15 is 0 Å². The summed E-state index contributed by atoms with van der Waals surface area (Å²) in [6.45, 7) is 6.18. The molecule has 112 valence electrons. The largest absolute Gasteiger partial charge is 0.371 e. The summed E-state index contributed by atoms with van der Waals surface area (Å²) in [4.78, 5) is 4.78. The van der Waals surface area contributed by atoms with E-state index in [2.05, 4.69) is 9.80 Å². The third-order valence-electron chi connectivity index (χ3n) is 3.91. The molecule has 2 N–H and O–H groups in total. The van der Waals surface area contributed by atoms with Gasteiger partial charge in [-0.25, -0.2) is 4.39 Å². The van der Waals surface area contributed by atoms with Crippen LogP contribution in [-0.4, -0.2) is 44.2 Å². The molecule has 1 aromatic rings. The Hall–Kier alpha value is -1.13. The van der Waals surface area contributed by atoms with Crippen LogP contribution >= 0.6 is 0 Å². The van der Waals surface area contributed by atoms with Crippen LogP contribution in [0.4, 0.5) is 10.1 Å². The zero-order chi connectivity index (χ0) is 14.2. The first-order chi connectivity index (χ1) is 9.79. The van der Waals surface area contributed by atoms with Crippen molar-refractivity contribution in [1.29, 1.82) is 0 Å². The molecule has 0 aromatic heterocycles. The summed E-state index contributed by atoms with van der Waals surface area (Å²) in [6, 6.07) is 6.87. The predicted octanol–water partition coefficient (Wildman–Crippen LogP) is 2.47. The fourth-order valence-electron chi connectivity index (χ4n) is 2.82. The van der Waals surface area contributed by atoms with Crippen molar-refractivity contribution in [1.82, 2.24) is 4.90 Å². The molecule has 3 nitrogen and oxygen atoms in total. The molecular formula is C16H26FN3. The average molecular weight is 279 g/mol. The maximum Gasteiger partial charge on any atom is 0.125 e. The van der Waals surface area contributed by atoms with E-state index in [9.17, 15) is 4.39 Å². The van der Waals surface area contributed by atoms with E-state index in [-0.39, 0.29) is 5.82 Å². The van der Waals surface area contributed by atoms with Gasteiger partial charge in [0.2, 0.25) is 0 Å². The number of hydrogen-bond acceptors (Lipinski definition) is 3. The molecule has 1 aromatic carbocycles. The van der Waals surface area contributed by atoms with Crippen molar-refractivity contribution in [2.75, 3.05) is 44.2 Å². The summed E-state index contributed by atoms with van der Waals surface area (Å²) in [6.07, 6.45) is 4.74. The standard InChI is InChI=1S/C16H26FN3/c17-15-6-3-7-16(14-15)20(12-4-8-18)13-5-11-19-9-1-2-10-19/h3,6-7,14H,1-2,4-5,8-13,18H2. The van der Waals surface area contributed by atoms with E-state index in [0.717, 1.165) is 38.2 Å². The molecule has 4 heteroatoms. The van der Waals surface area contributed by atoms with Crippen LogP contribution in [0.5, 0.6) is 0 Å². The molecule has 1 fully saturated rings. The minimum absolute atomic E-state index is 0.167. The normalized spacial score (nSPS) is 15.7. The summed E-state index contributed by atoms with van der Waals surface area (Å²) in [7, 11) is 0. The monoisotopic (exact) mass is 279 g/mol. The van der Waals surface area contributed by atoms with Gasteiger partial charge in [0, 0.05) is 18.8 Å². The maximum absolute atomic E-state index is 13.4. The van der Waals surface area contributed by atoms with Crippen molar-refractivity contribution < 1.29 is 4.39 Å². The Bertz CT molecular complexity index is 391. The lowest BCUT2D eigenvalue weighted by molar-refractivity contribution is 0.334. The first-order valence-electron chi connectivity index (χ1n) is 7.72. The highest BCUT2D eigenvalue weighted by Crippen LogP contribution is 2.17. The van der Waals surface area contributed by atoms with Gasteiger partial charge in [-0.15, -0.1) is 0 Å². The summed E-state index contributed by atoms with van der Waals surface area (Å²) in [5, 5.41) is 0. The van der Waals surface area contributed by atoms with Crippen molar-refractivity contribution >= 4 is 5.69 Å².